The quantitative estimate of drug-likeness (QED) is 0.810. The molecule has 0 saturated carbocycles. The maximum atomic E-state index is 13.6. The Morgan fingerprint density at radius 2 is 2.10 bits per heavy atom. The highest BCUT2D eigenvalue weighted by atomic mass is 19.1. The number of halogens is 1. The lowest BCUT2D eigenvalue weighted by Gasteiger charge is -2.23. The lowest BCUT2D eigenvalue weighted by atomic mass is 10.1. The summed E-state index contributed by atoms with van der Waals surface area (Å²) in [6.45, 7) is 3.59. The van der Waals surface area contributed by atoms with Crippen molar-refractivity contribution in [2.24, 2.45) is 5.92 Å². The van der Waals surface area contributed by atoms with E-state index in [4.69, 9.17) is 9.84 Å². The second kappa shape index (κ2) is 6.88. The molecule has 1 amide bonds. The summed E-state index contributed by atoms with van der Waals surface area (Å²) in [4.78, 5) is 24.2. The summed E-state index contributed by atoms with van der Waals surface area (Å²) in [5, 5.41) is 8.85. The number of ether oxygens (including phenoxy) is 1. The first kappa shape index (κ1) is 15.9. The van der Waals surface area contributed by atoms with Crippen LogP contribution in [0.4, 0.5) is 4.39 Å². The molecule has 0 fully saturated rings. The van der Waals surface area contributed by atoms with Crippen molar-refractivity contribution in [2.45, 2.75) is 20.4 Å². The summed E-state index contributed by atoms with van der Waals surface area (Å²) in [6.07, 6.45) is 0. The number of carboxylic acid groups (broad SMARTS) is 1. The first-order valence-electron chi connectivity index (χ1n) is 6.24. The molecule has 1 aromatic rings. The minimum atomic E-state index is -1.17. The number of hydrogen-bond acceptors (Lipinski definition) is 3. The van der Waals surface area contributed by atoms with Crippen LogP contribution in [0.2, 0.25) is 0 Å². The number of hydrogen-bond donors (Lipinski definition) is 1. The monoisotopic (exact) mass is 283 g/mol. The Hall–Kier alpha value is -2.11. The molecule has 0 heterocycles. The summed E-state index contributed by atoms with van der Waals surface area (Å²) in [7, 11) is 1.37. The van der Waals surface area contributed by atoms with Crippen molar-refractivity contribution >= 4 is 11.9 Å². The second-order valence-corrected chi connectivity index (χ2v) is 4.38. The Morgan fingerprint density at radius 1 is 1.45 bits per heavy atom. The van der Waals surface area contributed by atoms with Gasteiger partial charge in [-0.15, -0.1) is 0 Å². The zero-order valence-electron chi connectivity index (χ0n) is 11.7. The summed E-state index contributed by atoms with van der Waals surface area (Å²) in [6, 6.07) is 4.40. The standard InChI is InChI=1S/C14H18FNO4/c1-4-16(13(17)9(2)14(18)19)8-10-5-6-12(20-3)11(15)7-10/h5-7,9H,4,8H2,1-3H3,(H,18,19). The van der Waals surface area contributed by atoms with Gasteiger partial charge in [0.1, 0.15) is 5.92 Å². The highest BCUT2D eigenvalue weighted by molar-refractivity contribution is 5.96. The van der Waals surface area contributed by atoms with Crippen molar-refractivity contribution in [3.8, 4) is 5.75 Å². The van der Waals surface area contributed by atoms with Gasteiger partial charge in [0.2, 0.25) is 5.91 Å². The van der Waals surface area contributed by atoms with Crippen molar-refractivity contribution in [3.05, 3.63) is 29.6 Å². The van der Waals surface area contributed by atoms with E-state index in [1.54, 1.807) is 13.0 Å². The van der Waals surface area contributed by atoms with Gasteiger partial charge in [-0.1, -0.05) is 6.07 Å². The second-order valence-electron chi connectivity index (χ2n) is 4.38. The molecule has 0 spiro atoms. The average Bonchev–Trinajstić information content (AvgIpc) is 2.43. The van der Waals surface area contributed by atoms with Crippen LogP contribution in [0.25, 0.3) is 0 Å². The topological polar surface area (TPSA) is 66.8 Å². The van der Waals surface area contributed by atoms with Crippen LogP contribution in [0.5, 0.6) is 5.75 Å². The zero-order valence-corrected chi connectivity index (χ0v) is 11.7. The van der Waals surface area contributed by atoms with Gasteiger partial charge in [-0.3, -0.25) is 9.59 Å². The number of methoxy groups -OCH3 is 1. The van der Waals surface area contributed by atoms with Crippen molar-refractivity contribution in [3.63, 3.8) is 0 Å². The number of benzene rings is 1. The molecule has 0 aromatic heterocycles. The van der Waals surface area contributed by atoms with Crippen LogP contribution in [0.15, 0.2) is 18.2 Å². The van der Waals surface area contributed by atoms with Gasteiger partial charge in [0, 0.05) is 13.1 Å². The molecule has 0 bridgehead atoms. The number of carbonyl (C=O) groups is 2. The van der Waals surface area contributed by atoms with E-state index >= 15 is 0 Å². The molecule has 0 radical (unpaired) electrons. The Kier molecular flexibility index (Phi) is 5.49. The van der Waals surface area contributed by atoms with Gasteiger partial charge in [-0.05, 0) is 31.5 Å². The van der Waals surface area contributed by atoms with E-state index in [-0.39, 0.29) is 12.3 Å². The SMILES string of the molecule is CCN(Cc1ccc(OC)c(F)c1)C(=O)C(C)C(=O)O. The normalized spacial score (nSPS) is 11.8. The molecule has 20 heavy (non-hydrogen) atoms. The van der Waals surface area contributed by atoms with E-state index in [1.165, 1.54) is 31.1 Å². The maximum absolute atomic E-state index is 13.6. The lowest BCUT2D eigenvalue weighted by molar-refractivity contribution is -0.150. The van der Waals surface area contributed by atoms with Gasteiger partial charge in [-0.2, -0.15) is 0 Å². The molecule has 1 atom stereocenters. The van der Waals surface area contributed by atoms with Crippen LogP contribution >= 0.6 is 0 Å². The first-order valence-corrected chi connectivity index (χ1v) is 6.24. The molecule has 1 N–H and O–H groups in total. The van der Waals surface area contributed by atoms with Crippen LogP contribution in [0.3, 0.4) is 0 Å². The number of rotatable bonds is 6. The maximum Gasteiger partial charge on any atom is 0.315 e. The number of carbonyl (C=O) groups excluding carboxylic acids is 1. The van der Waals surface area contributed by atoms with Crippen molar-refractivity contribution in [2.75, 3.05) is 13.7 Å². The van der Waals surface area contributed by atoms with Crippen molar-refractivity contribution in [1.29, 1.82) is 0 Å². The third-order valence-electron chi connectivity index (χ3n) is 3.02. The van der Waals surface area contributed by atoms with Gasteiger partial charge >= 0.3 is 5.97 Å². The van der Waals surface area contributed by atoms with E-state index in [0.29, 0.717) is 12.1 Å². The first-order chi connectivity index (χ1) is 9.40. The molecular formula is C14H18FNO4. The Morgan fingerprint density at radius 3 is 2.55 bits per heavy atom. The molecular weight excluding hydrogens is 265 g/mol. The smallest absolute Gasteiger partial charge is 0.315 e. The minimum Gasteiger partial charge on any atom is -0.494 e. The molecule has 110 valence electrons. The Bertz CT molecular complexity index is 504. The number of nitrogens with zero attached hydrogens (tertiary/aromatic N) is 1. The predicted octanol–water partition coefficient (Wildman–Crippen LogP) is 1.90. The van der Waals surface area contributed by atoms with Gasteiger partial charge in [-0.25, -0.2) is 4.39 Å². The predicted molar refractivity (Wildman–Crippen MR) is 70.8 cm³/mol. The fourth-order valence-corrected chi connectivity index (χ4v) is 1.75. The van der Waals surface area contributed by atoms with E-state index in [9.17, 15) is 14.0 Å². The van der Waals surface area contributed by atoms with Crippen LogP contribution in [0.1, 0.15) is 19.4 Å². The molecule has 1 aromatic carbocycles. The van der Waals surface area contributed by atoms with E-state index in [0.717, 1.165) is 0 Å². The summed E-state index contributed by atoms with van der Waals surface area (Å²) >= 11 is 0. The Labute approximate surface area is 117 Å². The van der Waals surface area contributed by atoms with Crippen molar-refractivity contribution < 1.29 is 23.8 Å². The Balaban J connectivity index is 2.86. The molecule has 0 aliphatic heterocycles. The molecule has 6 heteroatoms. The van der Waals surface area contributed by atoms with E-state index in [2.05, 4.69) is 0 Å². The van der Waals surface area contributed by atoms with Crippen LogP contribution < -0.4 is 4.74 Å². The van der Waals surface area contributed by atoms with Crippen molar-refractivity contribution in [1.82, 2.24) is 4.90 Å². The average molecular weight is 283 g/mol. The van der Waals surface area contributed by atoms with Gasteiger partial charge in [0.25, 0.3) is 0 Å². The minimum absolute atomic E-state index is 0.127. The molecule has 0 aliphatic rings. The van der Waals surface area contributed by atoms with Gasteiger partial charge < -0.3 is 14.7 Å². The summed E-state index contributed by atoms with van der Waals surface area (Å²) in [5.41, 5.74) is 0.580. The highest BCUT2D eigenvalue weighted by Crippen LogP contribution is 2.19. The molecule has 5 nitrogen and oxygen atoms in total. The summed E-state index contributed by atoms with van der Waals surface area (Å²) < 4.78 is 18.4. The van der Waals surface area contributed by atoms with Crippen LogP contribution in [-0.2, 0) is 16.1 Å². The number of amides is 1. The largest absolute Gasteiger partial charge is 0.494 e. The lowest BCUT2D eigenvalue weighted by Crippen LogP contribution is -2.37. The highest BCUT2D eigenvalue weighted by Gasteiger charge is 2.25. The molecule has 1 unspecified atom stereocenters. The molecule has 0 saturated heterocycles. The van der Waals surface area contributed by atoms with Gasteiger partial charge in [0.15, 0.2) is 11.6 Å². The fraction of sp³-hybridized carbons (Fsp3) is 0.429. The van der Waals surface area contributed by atoms with E-state index in [1.807, 2.05) is 0 Å². The number of carboxylic acids is 1. The fourth-order valence-electron chi connectivity index (χ4n) is 1.75. The van der Waals surface area contributed by atoms with Crippen LogP contribution in [0, 0.1) is 11.7 Å². The van der Waals surface area contributed by atoms with Crippen LogP contribution in [-0.4, -0.2) is 35.5 Å². The van der Waals surface area contributed by atoms with E-state index < -0.39 is 23.6 Å². The third-order valence-corrected chi connectivity index (χ3v) is 3.02. The number of aliphatic carboxylic acids is 1. The third kappa shape index (κ3) is 3.69. The molecule has 0 aliphatic carbocycles. The summed E-state index contributed by atoms with van der Waals surface area (Å²) in [5.74, 6) is -3.16. The van der Waals surface area contributed by atoms with Gasteiger partial charge in [0.05, 0.1) is 7.11 Å². The zero-order chi connectivity index (χ0) is 15.3. The molecule has 1 rings (SSSR count).